The van der Waals surface area contributed by atoms with Gasteiger partial charge in [0.15, 0.2) is 5.78 Å². The van der Waals surface area contributed by atoms with Crippen LogP contribution in [0.25, 0.3) is 21.5 Å². The van der Waals surface area contributed by atoms with Crippen molar-refractivity contribution in [3.8, 4) is 10.6 Å². The molecule has 6 nitrogen and oxygen atoms in total. The minimum atomic E-state index is -0.134. The largest absolute Gasteiger partial charge is 0.325 e. The van der Waals surface area contributed by atoms with Crippen LogP contribution in [0.1, 0.15) is 35.0 Å². The van der Waals surface area contributed by atoms with E-state index in [1.807, 2.05) is 48.5 Å². The minimum absolute atomic E-state index is 0.0258. The van der Waals surface area contributed by atoms with E-state index in [0.717, 1.165) is 53.1 Å². The van der Waals surface area contributed by atoms with Crippen molar-refractivity contribution in [2.24, 2.45) is 0 Å². The second kappa shape index (κ2) is 8.68. The maximum absolute atomic E-state index is 13.1. The van der Waals surface area contributed by atoms with Gasteiger partial charge in [-0.25, -0.2) is 0 Å². The standard InChI is InChI=1S/C25H24N4O2S/c1-16(30)22-11-12-23(32-22)24-19-14-18(9-10-20(19)27-28-24)26-25(31)21-8-5-13-29(21)15-17-6-3-2-4-7-17/h2-4,6-7,9-12,14,21H,5,8,13,15H2,1H3,(H,26,31)(H,27,28). The predicted octanol–water partition coefficient (Wildman–Crippen LogP) is 5.10. The number of anilines is 1. The Morgan fingerprint density at radius 2 is 2.00 bits per heavy atom. The van der Waals surface area contributed by atoms with Crippen LogP contribution in [0.2, 0.25) is 0 Å². The number of H-pyrrole nitrogens is 1. The van der Waals surface area contributed by atoms with Crippen LogP contribution in [0.15, 0.2) is 60.7 Å². The highest BCUT2D eigenvalue weighted by atomic mass is 32.1. The SMILES string of the molecule is CC(=O)c1ccc(-c2n[nH]c3ccc(NC(=O)C4CCCN4Cc4ccccc4)cc23)s1. The molecule has 0 aliphatic carbocycles. The molecule has 1 unspecified atom stereocenters. The second-order valence-electron chi connectivity index (χ2n) is 8.16. The number of carbonyl (C=O) groups is 2. The molecule has 1 saturated heterocycles. The average molecular weight is 445 g/mol. The lowest BCUT2D eigenvalue weighted by Gasteiger charge is -2.23. The van der Waals surface area contributed by atoms with Crippen LogP contribution in [0.5, 0.6) is 0 Å². The second-order valence-corrected chi connectivity index (χ2v) is 9.24. The van der Waals surface area contributed by atoms with Gasteiger partial charge in [0.25, 0.3) is 0 Å². The van der Waals surface area contributed by atoms with E-state index in [0.29, 0.717) is 4.88 Å². The van der Waals surface area contributed by atoms with Gasteiger partial charge in [-0.15, -0.1) is 11.3 Å². The molecule has 0 bridgehead atoms. The first kappa shape index (κ1) is 20.6. The van der Waals surface area contributed by atoms with Gasteiger partial charge in [-0.1, -0.05) is 30.3 Å². The summed E-state index contributed by atoms with van der Waals surface area (Å²) in [4.78, 5) is 28.7. The van der Waals surface area contributed by atoms with Gasteiger partial charge in [0, 0.05) is 17.6 Å². The van der Waals surface area contributed by atoms with E-state index in [1.54, 1.807) is 6.92 Å². The van der Waals surface area contributed by atoms with Crippen LogP contribution in [0.3, 0.4) is 0 Å². The van der Waals surface area contributed by atoms with Gasteiger partial charge in [-0.05, 0) is 62.2 Å². The number of nitrogens with zero attached hydrogens (tertiary/aromatic N) is 2. The molecule has 1 aliphatic heterocycles. The summed E-state index contributed by atoms with van der Waals surface area (Å²) in [5.41, 5.74) is 3.65. The molecule has 4 aromatic rings. The van der Waals surface area contributed by atoms with Crippen molar-refractivity contribution in [3.05, 3.63) is 71.1 Å². The molecule has 162 valence electrons. The molecular weight excluding hydrogens is 420 g/mol. The lowest BCUT2D eigenvalue weighted by Crippen LogP contribution is -2.39. The Morgan fingerprint density at radius 1 is 1.16 bits per heavy atom. The molecule has 3 heterocycles. The Hall–Kier alpha value is -3.29. The van der Waals surface area contributed by atoms with Crippen LogP contribution in [-0.2, 0) is 11.3 Å². The molecule has 1 aliphatic rings. The molecule has 0 saturated carbocycles. The number of aromatic nitrogens is 2. The summed E-state index contributed by atoms with van der Waals surface area (Å²) in [7, 11) is 0. The van der Waals surface area contributed by atoms with E-state index in [9.17, 15) is 9.59 Å². The van der Waals surface area contributed by atoms with Gasteiger partial charge in [0.05, 0.1) is 21.3 Å². The molecule has 2 aromatic heterocycles. The van der Waals surface area contributed by atoms with E-state index < -0.39 is 0 Å². The number of likely N-dealkylation sites (tertiary alicyclic amines) is 1. The number of carbonyl (C=O) groups excluding carboxylic acids is 2. The van der Waals surface area contributed by atoms with Gasteiger partial charge in [0.2, 0.25) is 5.91 Å². The average Bonchev–Trinajstić information content (AvgIpc) is 3.53. The normalized spacial score (nSPS) is 16.5. The van der Waals surface area contributed by atoms with Crippen molar-refractivity contribution in [2.75, 3.05) is 11.9 Å². The quantitative estimate of drug-likeness (QED) is 0.406. The number of nitrogens with one attached hydrogen (secondary N) is 2. The minimum Gasteiger partial charge on any atom is -0.325 e. The van der Waals surface area contributed by atoms with Crippen LogP contribution < -0.4 is 5.32 Å². The summed E-state index contributed by atoms with van der Waals surface area (Å²) < 4.78 is 0. The third-order valence-electron chi connectivity index (χ3n) is 5.91. The number of Topliss-reactive ketones (excluding diaryl/α,β-unsaturated/α-hetero) is 1. The van der Waals surface area contributed by atoms with Crippen molar-refractivity contribution in [3.63, 3.8) is 0 Å². The molecule has 2 aromatic carbocycles. The zero-order valence-electron chi connectivity index (χ0n) is 17.8. The summed E-state index contributed by atoms with van der Waals surface area (Å²) in [5, 5.41) is 11.5. The number of hydrogen-bond acceptors (Lipinski definition) is 5. The van der Waals surface area contributed by atoms with Crippen LogP contribution in [0.4, 0.5) is 5.69 Å². The lowest BCUT2D eigenvalue weighted by molar-refractivity contribution is -0.120. The predicted molar refractivity (Wildman–Crippen MR) is 128 cm³/mol. The van der Waals surface area contributed by atoms with Gasteiger partial charge in [0.1, 0.15) is 5.69 Å². The number of ketones is 1. The molecular formula is C25H24N4O2S. The highest BCUT2D eigenvalue weighted by molar-refractivity contribution is 7.17. The number of rotatable bonds is 6. The first-order valence-corrected chi connectivity index (χ1v) is 11.6. The number of amides is 1. The van der Waals surface area contributed by atoms with Crippen molar-refractivity contribution < 1.29 is 9.59 Å². The molecule has 1 atom stereocenters. The van der Waals surface area contributed by atoms with Crippen molar-refractivity contribution in [2.45, 2.75) is 32.4 Å². The molecule has 1 amide bonds. The number of hydrogen-bond donors (Lipinski definition) is 2. The number of thiophene rings is 1. The summed E-state index contributed by atoms with van der Waals surface area (Å²) in [5.74, 6) is 0.0727. The summed E-state index contributed by atoms with van der Waals surface area (Å²) in [6.07, 6.45) is 1.88. The van der Waals surface area contributed by atoms with Gasteiger partial charge >= 0.3 is 0 Å². The fourth-order valence-electron chi connectivity index (χ4n) is 4.29. The van der Waals surface area contributed by atoms with E-state index >= 15 is 0 Å². The Morgan fingerprint density at radius 3 is 2.78 bits per heavy atom. The molecule has 0 radical (unpaired) electrons. The van der Waals surface area contributed by atoms with Gasteiger partial charge < -0.3 is 5.32 Å². The maximum atomic E-state index is 13.1. The summed E-state index contributed by atoms with van der Waals surface area (Å²) in [6.45, 7) is 3.27. The molecule has 7 heteroatoms. The number of benzene rings is 2. The van der Waals surface area contributed by atoms with Crippen LogP contribution in [0, 0.1) is 0 Å². The molecule has 32 heavy (non-hydrogen) atoms. The lowest BCUT2D eigenvalue weighted by atomic mass is 10.1. The van der Waals surface area contributed by atoms with E-state index in [2.05, 4.69) is 32.5 Å². The van der Waals surface area contributed by atoms with Gasteiger partial charge in [-0.3, -0.25) is 19.6 Å². The van der Waals surface area contributed by atoms with Crippen LogP contribution >= 0.6 is 11.3 Å². The Labute approximate surface area is 190 Å². The smallest absolute Gasteiger partial charge is 0.241 e. The highest BCUT2D eigenvalue weighted by Gasteiger charge is 2.30. The van der Waals surface area contributed by atoms with E-state index in [-0.39, 0.29) is 17.7 Å². The zero-order chi connectivity index (χ0) is 22.1. The van der Waals surface area contributed by atoms with Crippen molar-refractivity contribution in [1.29, 1.82) is 0 Å². The fraction of sp³-hybridized carbons (Fsp3) is 0.240. The number of fused-ring (bicyclic) bond motifs is 1. The Kier molecular flexibility index (Phi) is 5.59. The molecule has 5 rings (SSSR count). The molecule has 2 N–H and O–H groups in total. The Balaban J connectivity index is 1.35. The van der Waals surface area contributed by atoms with E-state index in [4.69, 9.17) is 0 Å². The number of aromatic amines is 1. The Bertz CT molecular complexity index is 1280. The van der Waals surface area contributed by atoms with Gasteiger partial charge in [-0.2, -0.15) is 5.10 Å². The monoisotopic (exact) mass is 444 g/mol. The maximum Gasteiger partial charge on any atom is 0.241 e. The van der Waals surface area contributed by atoms with Crippen molar-refractivity contribution in [1.82, 2.24) is 15.1 Å². The third-order valence-corrected chi connectivity index (χ3v) is 7.10. The first-order chi connectivity index (χ1) is 15.6. The van der Waals surface area contributed by atoms with Crippen LogP contribution in [-0.4, -0.2) is 39.4 Å². The fourth-order valence-corrected chi connectivity index (χ4v) is 5.19. The topological polar surface area (TPSA) is 78.1 Å². The third kappa shape index (κ3) is 4.09. The zero-order valence-corrected chi connectivity index (χ0v) is 18.6. The molecule has 1 fully saturated rings. The highest BCUT2D eigenvalue weighted by Crippen LogP contribution is 2.33. The first-order valence-electron chi connectivity index (χ1n) is 10.8. The molecule has 0 spiro atoms. The summed E-state index contributed by atoms with van der Waals surface area (Å²) in [6, 6.07) is 19.7. The van der Waals surface area contributed by atoms with E-state index in [1.165, 1.54) is 16.9 Å². The summed E-state index contributed by atoms with van der Waals surface area (Å²) >= 11 is 1.43. The van der Waals surface area contributed by atoms with Crippen molar-refractivity contribution >= 4 is 39.6 Å².